The van der Waals surface area contributed by atoms with E-state index in [1.165, 1.54) is 18.4 Å². The van der Waals surface area contributed by atoms with Gasteiger partial charge in [-0.25, -0.2) is 0 Å². The Hall–Kier alpha value is -1.07. The second-order valence-electron chi connectivity index (χ2n) is 6.90. The molecule has 1 spiro atoms. The van der Waals surface area contributed by atoms with Crippen LogP contribution in [0.2, 0.25) is 5.02 Å². The zero-order chi connectivity index (χ0) is 16.6. The summed E-state index contributed by atoms with van der Waals surface area (Å²) in [6.45, 7) is 2.83. The number of carbonyl (C=O) groups is 1. The van der Waals surface area contributed by atoms with Gasteiger partial charge in [-0.15, -0.1) is 12.4 Å². The number of hydrogen-bond acceptors (Lipinski definition) is 3. The zero-order valence-electron chi connectivity index (χ0n) is 13.9. The minimum atomic E-state index is 0. The van der Waals surface area contributed by atoms with Crippen molar-refractivity contribution in [3.05, 3.63) is 57.2 Å². The van der Waals surface area contributed by atoms with Crippen LogP contribution in [-0.4, -0.2) is 29.9 Å². The van der Waals surface area contributed by atoms with Crippen molar-refractivity contribution >= 4 is 41.3 Å². The smallest absolute Gasteiger partial charge is 0.254 e. The third-order valence-corrected chi connectivity index (χ3v) is 6.39. The number of amides is 1. The summed E-state index contributed by atoms with van der Waals surface area (Å²) in [7, 11) is 0. The molecule has 2 heterocycles. The molecule has 1 saturated carbocycles. The minimum Gasteiger partial charge on any atom is -0.331 e. The molecular formula is C19H22Cl2N2OS. The first-order valence-corrected chi connectivity index (χ1v) is 9.78. The summed E-state index contributed by atoms with van der Waals surface area (Å²) in [5.74, 6) is 0.123. The number of hydrogen-bond donors (Lipinski definition) is 1. The van der Waals surface area contributed by atoms with Crippen molar-refractivity contribution in [3.8, 4) is 0 Å². The van der Waals surface area contributed by atoms with Crippen LogP contribution in [0, 0.1) is 5.41 Å². The summed E-state index contributed by atoms with van der Waals surface area (Å²) in [6.07, 6.45) is 3.48. The molecule has 3 nitrogen and oxygen atoms in total. The predicted octanol–water partition coefficient (Wildman–Crippen LogP) is 4.61. The third-order valence-electron chi connectivity index (χ3n) is 5.41. The molecule has 0 bridgehead atoms. The van der Waals surface area contributed by atoms with Gasteiger partial charge in [0.25, 0.3) is 5.91 Å². The molecule has 1 aromatic carbocycles. The fourth-order valence-electron chi connectivity index (χ4n) is 3.89. The highest BCUT2D eigenvalue weighted by Gasteiger charge is 2.57. The summed E-state index contributed by atoms with van der Waals surface area (Å²) in [5, 5.41) is 8.32. The van der Waals surface area contributed by atoms with Crippen LogP contribution in [0.1, 0.15) is 35.2 Å². The molecule has 2 aliphatic rings. The molecule has 25 heavy (non-hydrogen) atoms. The Labute approximate surface area is 163 Å². The summed E-state index contributed by atoms with van der Waals surface area (Å²) >= 11 is 7.66. The van der Waals surface area contributed by atoms with Crippen LogP contribution in [0.25, 0.3) is 0 Å². The van der Waals surface area contributed by atoms with Gasteiger partial charge in [-0.2, -0.15) is 11.3 Å². The van der Waals surface area contributed by atoms with E-state index in [0.717, 1.165) is 25.1 Å². The van der Waals surface area contributed by atoms with Gasteiger partial charge in [0.2, 0.25) is 0 Å². The quantitative estimate of drug-likeness (QED) is 0.817. The second-order valence-corrected chi connectivity index (χ2v) is 8.12. The van der Waals surface area contributed by atoms with Crippen molar-refractivity contribution in [2.45, 2.75) is 31.8 Å². The van der Waals surface area contributed by atoms with E-state index in [2.05, 4.69) is 27.0 Å². The molecular weight excluding hydrogens is 375 g/mol. The van der Waals surface area contributed by atoms with Gasteiger partial charge in [0.1, 0.15) is 0 Å². The number of rotatable bonds is 4. The van der Waals surface area contributed by atoms with Gasteiger partial charge < -0.3 is 10.2 Å². The number of benzene rings is 1. The van der Waals surface area contributed by atoms with Crippen molar-refractivity contribution in [1.29, 1.82) is 0 Å². The van der Waals surface area contributed by atoms with Crippen molar-refractivity contribution in [2.24, 2.45) is 5.41 Å². The van der Waals surface area contributed by atoms with Crippen LogP contribution in [-0.2, 0) is 6.54 Å². The van der Waals surface area contributed by atoms with E-state index in [-0.39, 0.29) is 18.3 Å². The molecule has 1 atom stereocenters. The van der Waals surface area contributed by atoms with Crippen LogP contribution in [0.3, 0.4) is 0 Å². The lowest BCUT2D eigenvalue weighted by molar-refractivity contribution is 0.0692. The standard InChI is InChI=1S/C19H21ClN2OS.ClH/c20-16-3-1-15(2-4-16)18(23)22(12-14-5-10-24-13-14)17-11-19(17)6-8-21-9-7-19;/h1-5,10,13,17,21H,6-9,11-12H2;1H. The lowest BCUT2D eigenvalue weighted by Crippen LogP contribution is -2.39. The van der Waals surface area contributed by atoms with Gasteiger partial charge in [-0.3, -0.25) is 4.79 Å². The molecule has 1 N–H and O–H groups in total. The van der Waals surface area contributed by atoms with Crippen molar-refractivity contribution in [3.63, 3.8) is 0 Å². The molecule has 0 radical (unpaired) electrons. The fourth-order valence-corrected chi connectivity index (χ4v) is 4.68. The molecule has 1 aliphatic carbocycles. The Morgan fingerprint density at radius 3 is 2.60 bits per heavy atom. The Morgan fingerprint density at radius 2 is 1.96 bits per heavy atom. The Kier molecular flexibility index (Phi) is 5.74. The number of nitrogens with zero attached hydrogens (tertiary/aromatic N) is 1. The molecule has 4 rings (SSSR count). The summed E-state index contributed by atoms with van der Waals surface area (Å²) < 4.78 is 0. The van der Waals surface area contributed by atoms with Crippen LogP contribution in [0.5, 0.6) is 0 Å². The molecule has 1 unspecified atom stereocenters. The number of halogens is 2. The van der Waals surface area contributed by atoms with Crippen molar-refractivity contribution in [2.75, 3.05) is 13.1 Å². The van der Waals surface area contributed by atoms with E-state index in [1.807, 2.05) is 12.1 Å². The van der Waals surface area contributed by atoms with E-state index < -0.39 is 0 Å². The minimum absolute atomic E-state index is 0. The third kappa shape index (κ3) is 3.87. The number of nitrogens with one attached hydrogen (secondary N) is 1. The van der Waals surface area contributed by atoms with Gasteiger partial charge in [0.05, 0.1) is 0 Å². The Bertz CT molecular complexity index is 712. The summed E-state index contributed by atoms with van der Waals surface area (Å²) in [4.78, 5) is 15.3. The molecule has 2 fully saturated rings. The molecule has 1 aliphatic heterocycles. The second kappa shape index (κ2) is 7.67. The van der Waals surface area contributed by atoms with Gasteiger partial charge in [0.15, 0.2) is 0 Å². The first kappa shape index (κ1) is 18.7. The van der Waals surface area contributed by atoms with E-state index in [9.17, 15) is 4.79 Å². The van der Waals surface area contributed by atoms with Crippen LogP contribution >= 0.6 is 35.3 Å². The van der Waals surface area contributed by atoms with Gasteiger partial charge in [-0.05, 0) is 84.4 Å². The molecule has 1 aromatic heterocycles. The highest BCUT2D eigenvalue weighted by molar-refractivity contribution is 7.07. The summed E-state index contributed by atoms with van der Waals surface area (Å²) in [5.41, 5.74) is 2.28. The first-order valence-electron chi connectivity index (χ1n) is 8.46. The van der Waals surface area contributed by atoms with E-state index in [0.29, 0.717) is 23.0 Å². The van der Waals surface area contributed by atoms with Crippen LogP contribution in [0.15, 0.2) is 41.1 Å². The van der Waals surface area contributed by atoms with E-state index in [4.69, 9.17) is 11.6 Å². The van der Waals surface area contributed by atoms with E-state index in [1.54, 1.807) is 23.5 Å². The van der Waals surface area contributed by atoms with Crippen molar-refractivity contribution < 1.29 is 4.79 Å². The first-order chi connectivity index (χ1) is 11.7. The maximum atomic E-state index is 13.2. The monoisotopic (exact) mass is 396 g/mol. The average Bonchev–Trinajstić information content (AvgIpc) is 3.04. The Balaban J connectivity index is 0.00000182. The lowest BCUT2D eigenvalue weighted by Gasteiger charge is -2.29. The highest BCUT2D eigenvalue weighted by atomic mass is 35.5. The normalized spacial score (nSPS) is 20.8. The number of thiophene rings is 1. The maximum Gasteiger partial charge on any atom is 0.254 e. The summed E-state index contributed by atoms with van der Waals surface area (Å²) in [6, 6.07) is 9.74. The predicted molar refractivity (Wildman–Crippen MR) is 106 cm³/mol. The fraction of sp³-hybridized carbons (Fsp3) is 0.421. The topological polar surface area (TPSA) is 32.3 Å². The van der Waals surface area contributed by atoms with Gasteiger partial charge in [-0.1, -0.05) is 11.6 Å². The van der Waals surface area contributed by atoms with Gasteiger partial charge >= 0.3 is 0 Å². The zero-order valence-corrected chi connectivity index (χ0v) is 16.3. The largest absolute Gasteiger partial charge is 0.331 e. The molecule has 134 valence electrons. The Morgan fingerprint density at radius 1 is 1.24 bits per heavy atom. The number of piperidine rings is 1. The number of carbonyl (C=O) groups excluding carboxylic acids is 1. The van der Waals surface area contributed by atoms with Crippen LogP contribution < -0.4 is 5.32 Å². The van der Waals surface area contributed by atoms with Gasteiger partial charge in [0, 0.05) is 23.2 Å². The molecule has 1 amide bonds. The van der Waals surface area contributed by atoms with Crippen LogP contribution in [0.4, 0.5) is 0 Å². The maximum absolute atomic E-state index is 13.2. The van der Waals surface area contributed by atoms with Crippen molar-refractivity contribution in [1.82, 2.24) is 10.2 Å². The molecule has 2 aromatic rings. The lowest BCUT2D eigenvalue weighted by atomic mass is 9.93. The average molecular weight is 397 g/mol. The molecule has 1 saturated heterocycles. The SMILES string of the molecule is Cl.O=C(c1ccc(Cl)cc1)N(Cc1ccsc1)C1CC12CCNCC2. The van der Waals surface area contributed by atoms with E-state index >= 15 is 0 Å². The highest BCUT2D eigenvalue weighted by Crippen LogP contribution is 2.56. The molecule has 6 heteroatoms.